The minimum absolute atomic E-state index is 0.0316. The van der Waals surface area contributed by atoms with Gasteiger partial charge in [0.05, 0.1) is 5.56 Å². The number of fused-ring (bicyclic) bond motifs is 1. The Labute approximate surface area is 158 Å². The Bertz CT molecular complexity index is 867. The summed E-state index contributed by atoms with van der Waals surface area (Å²) >= 11 is 0. The van der Waals surface area contributed by atoms with Gasteiger partial charge in [-0.25, -0.2) is 4.79 Å². The molecule has 2 amide bonds. The van der Waals surface area contributed by atoms with E-state index in [1.807, 2.05) is 0 Å². The van der Waals surface area contributed by atoms with Gasteiger partial charge in [0.1, 0.15) is 5.82 Å². The number of aliphatic carboxylic acids is 1. The summed E-state index contributed by atoms with van der Waals surface area (Å²) in [5.74, 6) is -0.773. The number of carbonyl (C=O) groups is 2. The number of carbonyl (C=O) groups excluding carboxylic acids is 1. The molecule has 3 heterocycles. The number of aromatic nitrogens is 3. The topological polar surface area (TPSA) is 99.8 Å². The van der Waals surface area contributed by atoms with Gasteiger partial charge in [-0.1, -0.05) is 0 Å². The highest BCUT2D eigenvalue weighted by atomic mass is 19.4. The van der Waals surface area contributed by atoms with Gasteiger partial charge in [-0.3, -0.25) is 9.20 Å². The van der Waals surface area contributed by atoms with E-state index in [-0.39, 0.29) is 24.9 Å². The minimum atomic E-state index is -4.47. The van der Waals surface area contributed by atoms with E-state index in [0.717, 1.165) is 12.3 Å². The van der Waals surface area contributed by atoms with E-state index in [0.29, 0.717) is 43.8 Å². The molecule has 1 unspecified atom stereocenters. The Balaban J connectivity index is 1.70. The number of carboxylic acid groups (broad SMARTS) is 1. The lowest BCUT2D eigenvalue weighted by Crippen LogP contribution is -2.45. The standard InChI is InChI=1S/C17H20F3N5O3/c18-17(19,20)12-5-6-13-22-23-15(25(13)10-12)11-3-2-8-24(9-11)16(28)21-7-1-4-14(26)27/h5-6,10-11H,1-4,7-9H2,(H,21,28)(H,26,27). The van der Waals surface area contributed by atoms with Crippen molar-refractivity contribution >= 4 is 17.6 Å². The molecule has 0 aromatic carbocycles. The van der Waals surface area contributed by atoms with Crippen LogP contribution >= 0.6 is 0 Å². The fourth-order valence-corrected chi connectivity index (χ4v) is 3.27. The van der Waals surface area contributed by atoms with Crippen molar-refractivity contribution in [1.82, 2.24) is 24.8 Å². The lowest BCUT2D eigenvalue weighted by molar-refractivity contribution is -0.138. The zero-order chi connectivity index (χ0) is 20.3. The van der Waals surface area contributed by atoms with E-state index in [9.17, 15) is 22.8 Å². The summed E-state index contributed by atoms with van der Waals surface area (Å²) in [5, 5.41) is 19.3. The number of nitrogens with one attached hydrogen (secondary N) is 1. The van der Waals surface area contributed by atoms with Crippen LogP contribution in [0.2, 0.25) is 0 Å². The molecule has 11 heteroatoms. The molecule has 1 saturated heterocycles. The van der Waals surface area contributed by atoms with E-state index in [1.165, 1.54) is 10.5 Å². The molecule has 0 saturated carbocycles. The van der Waals surface area contributed by atoms with Crippen molar-refractivity contribution in [3.8, 4) is 0 Å². The van der Waals surface area contributed by atoms with Crippen molar-refractivity contribution in [1.29, 1.82) is 0 Å². The highest BCUT2D eigenvalue weighted by Crippen LogP contribution is 2.31. The molecule has 2 aromatic heterocycles. The molecule has 152 valence electrons. The average Bonchev–Trinajstić information content (AvgIpc) is 3.07. The molecular weight excluding hydrogens is 379 g/mol. The van der Waals surface area contributed by atoms with Gasteiger partial charge in [0.2, 0.25) is 0 Å². The second-order valence-corrected chi connectivity index (χ2v) is 6.72. The number of carboxylic acids is 1. The molecule has 2 aromatic rings. The first kappa shape index (κ1) is 19.9. The fourth-order valence-electron chi connectivity index (χ4n) is 3.27. The number of pyridine rings is 1. The Morgan fingerprint density at radius 1 is 1.29 bits per heavy atom. The number of amides is 2. The molecule has 2 N–H and O–H groups in total. The Hall–Kier alpha value is -2.85. The molecule has 0 aliphatic carbocycles. The van der Waals surface area contributed by atoms with Gasteiger partial charge in [-0.15, -0.1) is 10.2 Å². The van der Waals surface area contributed by atoms with Crippen molar-refractivity contribution in [3.63, 3.8) is 0 Å². The largest absolute Gasteiger partial charge is 0.481 e. The third kappa shape index (κ3) is 4.52. The maximum Gasteiger partial charge on any atom is 0.417 e. The third-order valence-corrected chi connectivity index (χ3v) is 4.67. The highest BCUT2D eigenvalue weighted by molar-refractivity contribution is 5.74. The molecule has 8 nitrogen and oxygen atoms in total. The Morgan fingerprint density at radius 2 is 2.07 bits per heavy atom. The summed E-state index contributed by atoms with van der Waals surface area (Å²) in [6.07, 6.45) is -1.83. The number of nitrogens with zero attached hydrogens (tertiary/aromatic N) is 4. The van der Waals surface area contributed by atoms with Crippen LogP contribution < -0.4 is 5.32 Å². The molecule has 1 aliphatic heterocycles. The summed E-state index contributed by atoms with van der Waals surface area (Å²) in [6, 6.07) is 1.92. The lowest BCUT2D eigenvalue weighted by atomic mass is 9.97. The van der Waals surface area contributed by atoms with Crippen LogP contribution in [0.5, 0.6) is 0 Å². The molecular formula is C17H20F3N5O3. The van der Waals surface area contributed by atoms with Gasteiger partial charge in [0.25, 0.3) is 0 Å². The number of urea groups is 1. The summed E-state index contributed by atoms with van der Waals surface area (Å²) in [6.45, 7) is 1.07. The molecule has 0 bridgehead atoms. The summed E-state index contributed by atoms with van der Waals surface area (Å²) in [7, 11) is 0. The molecule has 1 aliphatic rings. The third-order valence-electron chi connectivity index (χ3n) is 4.67. The number of piperidine rings is 1. The van der Waals surface area contributed by atoms with Crippen molar-refractivity contribution in [3.05, 3.63) is 29.7 Å². The van der Waals surface area contributed by atoms with Crippen LogP contribution in [0, 0.1) is 0 Å². The molecule has 3 rings (SSSR count). The summed E-state index contributed by atoms with van der Waals surface area (Å²) in [5.41, 5.74) is -0.469. The number of hydrogen-bond donors (Lipinski definition) is 2. The molecule has 28 heavy (non-hydrogen) atoms. The van der Waals surface area contributed by atoms with E-state index < -0.39 is 17.7 Å². The SMILES string of the molecule is O=C(O)CCCNC(=O)N1CCCC(c2nnc3ccc(C(F)(F)F)cn23)C1. The van der Waals surface area contributed by atoms with Crippen LogP contribution in [0.1, 0.15) is 43.0 Å². The fraction of sp³-hybridized carbons (Fsp3) is 0.529. The molecule has 0 spiro atoms. The van der Waals surface area contributed by atoms with Gasteiger partial charge >= 0.3 is 18.2 Å². The van der Waals surface area contributed by atoms with Gasteiger partial charge in [-0.05, 0) is 31.4 Å². The first-order valence-corrected chi connectivity index (χ1v) is 8.92. The summed E-state index contributed by atoms with van der Waals surface area (Å²) in [4.78, 5) is 24.4. The van der Waals surface area contributed by atoms with Crippen molar-refractivity contribution in [2.75, 3.05) is 19.6 Å². The van der Waals surface area contributed by atoms with Gasteiger partial charge in [0, 0.05) is 38.2 Å². The average molecular weight is 399 g/mol. The van der Waals surface area contributed by atoms with Crippen LogP contribution in [0.4, 0.5) is 18.0 Å². The number of rotatable bonds is 5. The summed E-state index contributed by atoms with van der Waals surface area (Å²) < 4.78 is 40.4. The second-order valence-electron chi connectivity index (χ2n) is 6.72. The molecule has 1 fully saturated rings. The Kier molecular flexibility index (Phi) is 5.71. The van der Waals surface area contributed by atoms with E-state index in [4.69, 9.17) is 5.11 Å². The van der Waals surface area contributed by atoms with E-state index >= 15 is 0 Å². The predicted molar refractivity (Wildman–Crippen MR) is 91.8 cm³/mol. The van der Waals surface area contributed by atoms with Crippen molar-refractivity contribution in [2.24, 2.45) is 0 Å². The lowest BCUT2D eigenvalue weighted by Gasteiger charge is -2.32. The first-order valence-electron chi connectivity index (χ1n) is 8.92. The number of likely N-dealkylation sites (tertiary alicyclic amines) is 1. The zero-order valence-corrected chi connectivity index (χ0v) is 14.9. The number of alkyl halides is 3. The molecule has 1 atom stereocenters. The predicted octanol–water partition coefficient (Wildman–Crippen LogP) is 2.50. The maximum atomic E-state index is 13.0. The monoisotopic (exact) mass is 399 g/mol. The normalized spacial score (nSPS) is 17.7. The smallest absolute Gasteiger partial charge is 0.417 e. The second kappa shape index (κ2) is 8.03. The molecule has 0 radical (unpaired) electrons. The van der Waals surface area contributed by atoms with Gasteiger partial charge in [0.15, 0.2) is 5.65 Å². The van der Waals surface area contributed by atoms with Crippen molar-refractivity contribution < 1.29 is 27.9 Å². The zero-order valence-electron chi connectivity index (χ0n) is 14.9. The Morgan fingerprint density at radius 3 is 2.79 bits per heavy atom. The van der Waals surface area contributed by atoms with E-state index in [2.05, 4.69) is 15.5 Å². The van der Waals surface area contributed by atoms with Crippen LogP contribution in [-0.2, 0) is 11.0 Å². The van der Waals surface area contributed by atoms with Crippen LogP contribution in [-0.4, -0.2) is 56.2 Å². The number of halogens is 3. The van der Waals surface area contributed by atoms with Crippen LogP contribution in [0.15, 0.2) is 18.3 Å². The van der Waals surface area contributed by atoms with Gasteiger partial charge in [-0.2, -0.15) is 13.2 Å². The van der Waals surface area contributed by atoms with Crippen molar-refractivity contribution in [2.45, 2.75) is 37.8 Å². The van der Waals surface area contributed by atoms with Crippen LogP contribution in [0.25, 0.3) is 5.65 Å². The minimum Gasteiger partial charge on any atom is -0.481 e. The van der Waals surface area contributed by atoms with E-state index in [1.54, 1.807) is 4.90 Å². The first-order chi connectivity index (χ1) is 13.3. The van der Waals surface area contributed by atoms with Gasteiger partial charge < -0.3 is 15.3 Å². The maximum absolute atomic E-state index is 13.0. The quantitative estimate of drug-likeness (QED) is 0.753. The highest BCUT2D eigenvalue weighted by Gasteiger charge is 2.32. The van der Waals surface area contributed by atoms with Crippen LogP contribution in [0.3, 0.4) is 0 Å². The number of hydrogen-bond acceptors (Lipinski definition) is 4.